The Morgan fingerprint density at radius 2 is 2.20 bits per heavy atom. The maximum Gasteiger partial charge on any atom is 0.173 e. The van der Waals surface area contributed by atoms with Crippen LogP contribution in [0.15, 0.2) is 27.2 Å². The van der Waals surface area contributed by atoms with Gasteiger partial charge in [0.25, 0.3) is 0 Å². The van der Waals surface area contributed by atoms with Crippen LogP contribution in [0.25, 0.3) is 11.3 Å². The van der Waals surface area contributed by atoms with Gasteiger partial charge in [-0.25, -0.2) is 0 Å². The van der Waals surface area contributed by atoms with Gasteiger partial charge in [-0.1, -0.05) is 32.7 Å². The minimum Gasteiger partial charge on any atom is -0.381 e. The van der Waals surface area contributed by atoms with Gasteiger partial charge < -0.3 is 10.3 Å². The van der Waals surface area contributed by atoms with Crippen LogP contribution in [0.3, 0.4) is 0 Å². The highest BCUT2D eigenvalue weighted by atomic mass is 79.9. The average molecular weight is 288 g/mol. The number of nitrogen functional groups attached to an aromatic ring is 1. The molecular weight excluding hydrogens is 279 g/mol. The standard InChI is InChI=1S/C10H8BrClN2O/c1-5-9(15-14-10(5)13)7-4-6(12)2-3-8(7)11/h2-4H,1H3,(H2,13,14). The van der Waals surface area contributed by atoms with Gasteiger partial charge in [0.2, 0.25) is 0 Å². The van der Waals surface area contributed by atoms with Crippen LogP contribution in [0.4, 0.5) is 5.82 Å². The van der Waals surface area contributed by atoms with Crippen LogP contribution in [0.2, 0.25) is 5.02 Å². The first-order valence-corrected chi connectivity index (χ1v) is 5.44. The summed E-state index contributed by atoms with van der Waals surface area (Å²) in [5.41, 5.74) is 7.28. The van der Waals surface area contributed by atoms with E-state index < -0.39 is 0 Å². The van der Waals surface area contributed by atoms with Crippen LogP contribution in [0.5, 0.6) is 0 Å². The lowest BCUT2D eigenvalue weighted by Crippen LogP contribution is -1.86. The minimum absolute atomic E-state index is 0.400. The summed E-state index contributed by atoms with van der Waals surface area (Å²) in [4.78, 5) is 0. The van der Waals surface area contributed by atoms with Crippen molar-refractivity contribution in [1.82, 2.24) is 5.16 Å². The van der Waals surface area contributed by atoms with Gasteiger partial charge >= 0.3 is 0 Å². The van der Waals surface area contributed by atoms with Gasteiger partial charge in [0.05, 0.1) is 0 Å². The van der Waals surface area contributed by atoms with E-state index in [0.29, 0.717) is 16.6 Å². The lowest BCUT2D eigenvalue weighted by molar-refractivity contribution is 0.435. The zero-order chi connectivity index (χ0) is 11.0. The number of nitrogens with zero attached hydrogens (tertiary/aromatic N) is 1. The molecule has 0 aliphatic carbocycles. The molecule has 15 heavy (non-hydrogen) atoms. The van der Waals surface area contributed by atoms with E-state index in [9.17, 15) is 0 Å². The normalized spacial score (nSPS) is 10.6. The monoisotopic (exact) mass is 286 g/mol. The van der Waals surface area contributed by atoms with Gasteiger partial charge in [-0.2, -0.15) is 0 Å². The topological polar surface area (TPSA) is 52.0 Å². The lowest BCUT2D eigenvalue weighted by atomic mass is 10.1. The van der Waals surface area contributed by atoms with Crippen LogP contribution in [-0.2, 0) is 0 Å². The second kappa shape index (κ2) is 3.87. The quantitative estimate of drug-likeness (QED) is 0.871. The number of hydrogen-bond acceptors (Lipinski definition) is 3. The number of hydrogen-bond donors (Lipinski definition) is 1. The molecule has 1 aromatic heterocycles. The van der Waals surface area contributed by atoms with Crippen LogP contribution in [-0.4, -0.2) is 5.16 Å². The molecule has 0 atom stereocenters. The molecule has 0 aliphatic heterocycles. The van der Waals surface area contributed by atoms with Crippen LogP contribution >= 0.6 is 27.5 Å². The first-order valence-electron chi connectivity index (χ1n) is 4.26. The molecule has 1 heterocycles. The van der Waals surface area contributed by atoms with E-state index in [1.165, 1.54) is 0 Å². The number of benzene rings is 1. The first-order chi connectivity index (χ1) is 7.09. The Balaban J connectivity index is 2.63. The number of nitrogens with two attached hydrogens (primary N) is 1. The van der Waals surface area contributed by atoms with Gasteiger partial charge in [-0.15, -0.1) is 0 Å². The van der Waals surface area contributed by atoms with Gasteiger partial charge in [0.15, 0.2) is 11.6 Å². The Kier molecular flexibility index (Phi) is 2.71. The predicted octanol–water partition coefficient (Wildman–Crippen LogP) is 3.65. The molecule has 0 spiro atoms. The van der Waals surface area contributed by atoms with E-state index in [1.54, 1.807) is 12.1 Å². The number of halogens is 2. The molecule has 0 radical (unpaired) electrons. The molecular formula is C10H8BrClN2O. The second-order valence-electron chi connectivity index (χ2n) is 3.15. The Bertz CT molecular complexity index is 510. The van der Waals surface area contributed by atoms with Gasteiger partial charge in [0, 0.05) is 20.6 Å². The fourth-order valence-corrected chi connectivity index (χ4v) is 1.87. The zero-order valence-electron chi connectivity index (χ0n) is 7.92. The van der Waals surface area contributed by atoms with E-state index >= 15 is 0 Å². The fraction of sp³-hybridized carbons (Fsp3) is 0.100. The van der Waals surface area contributed by atoms with Crippen molar-refractivity contribution in [2.45, 2.75) is 6.92 Å². The molecule has 0 saturated carbocycles. The summed E-state index contributed by atoms with van der Waals surface area (Å²) >= 11 is 9.34. The van der Waals surface area contributed by atoms with E-state index in [0.717, 1.165) is 15.6 Å². The predicted molar refractivity (Wildman–Crippen MR) is 63.8 cm³/mol. The number of anilines is 1. The van der Waals surface area contributed by atoms with E-state index in [1.807, 2.05) is 13.0 Å². The number of rotatable bonds is 1. The van der Waals surface area contributed by atoms with E-state index in [-0.39, 0.29) is 0 Å². The summed E-state index contributed by atoms with van der Waals surface area (Å²) in [5, 5.41) is 4.34. The molecule has 2 rings (SSSR count). The molecule has 3 nitrogen and oxygen atoms in total. The maximum absolute atomic E-state index is 5.91. The molecule has 2 aromatic rings. The van der Waals surface area contributed by atoms with E-state index in [4.69, 9.17) is 21.9 Å². The van der Waals surface area contributed by atoms with Crippen LogP contribution in [0, 0.1) is 6.92 Å². The number of aromatic nitrogens is 1. The molecule has 78 valence electrons. The molecule has 0 saturated heterocycles. The molecule has 0 aliphatic rings. The molecule has 0 amide bonds. The van der Waals surface area contributed by atoms with E-state index in [2.05, 4.69) is 21.1 Å². The highest BCUT2D eigenvalue weighted by Gasteiger charge is 2.14. The average Bonchev–Trinajstić information content (AvgIpc) is 2.52. The zero-order valence-corrected chi connectivity index (χ0v) is 10.3. The summed E-state index contributed by atoms with van der Waals surface area (Å²) in [7, 11) is 0. The van der Waals surface area contributed by atoms with Gasteiger partial charge in [0.1, 0.15) is 0 Å². The maximum atomic E-state index is 5.91. The molecule has 0 bridgehead atoms. The van der Waals surface area contributed by atoms with Gasteiger partial charge in [-0.05, 0) is 25.1 Å². The second-order valence-corrected chi connectivity index (χ2v) is 4.44. The minimum atomic E-state index is 0.400. The van der Waals surface area contributed by atoms with Crippen molar-refractivity contribution in [2.24, 2.45) is 0 Å². The molecule has 5 heteroatoms. The van der Waals surface area contributed by atoms with Crippen LogP contribution in [0.1, 0.15) is 5.56 Å². The third-order valence-electron chi connectivity index (χ3n) is 2.13. The Hall–Kier alpha value is -1.000. The first kappa shape index (κ1) is 10.5. The van der Waals surface area contributed by atoms with Crippen molar-refractivity contribution < 1.29 is 4.52 Å². The van der Waals surface area contributed by atoms with Crippen LogP contribution < -0.4 is 5.73 Å². The molecule has 2 N–H and O–H groups in total. The van der Waals surface area contributed by atoms with Crippen molar-refractivity contribution in [3.8, 4) is 11.3 Å². The summed E-state index contributed by atoms with van der Waals surface area (Å²) in [6.45, 7) is 1.86. The molecule has 1 aromatic carbocycles. The summed E-state index contributed by atoms with van der Waals surface area (Å²) in [6, 6.07) is 5.46. The fourth-order valence-electron chi connectivity index (χ4n) is 1.27. The summed E-state index contributed by atoms with van der Waals surface area (Å²) in [6.07, 6.45) is 0. The SMILES string of the molecule is Cc1c(N)noc1-c1cc(Cl)ccc1Br. The highest BCUT2D eigenvalue weighted by molar-refractivity contribution is 9.10. The van der Waals surface area contributed by atoms with Crippen molar-refractivity contribution in [2.75, 3.05) is 5.73 Å². The molecule has 0 unspecified atom stereocenters. The largest absolute Gasteiger partial charge is 0.381 e. The van der Waals surface area contributed by atoms with Crippen molar-refractivity contribution in [3.63, 3.8) is 0 Å². The van der Waals surface area contributed by atoms with Crippen molar-refractivity contribution in [1.29, 1.82) is 0 Å². The van der Waals surface area contributed by atoms with Crippen molar-refractivity contribution in [3.05, 3.63) is 33.3 Å². The Morgan fingerprint density at radius 1 is 1.47 bits per heavy atom. The van der Waals surface area contributed by atoms with Gasteiger partial charge in [-0.3, -0.25) is 0 Å². The summed E-state index contributed by atoms with van der Waals surface area (Å²) < 4.78 is 6.05. The summed E-state index contributed by atoms with van der Waals surface area (Å²) in [5.74, 6) is 1.04. The smallest absolute Gasteiger partial charge is 0.173 e. The Morgan fingerprint density at radius 3 is 2.80 bits per heavy atom. The molecule has 0 fully saturated rings. The third-order valence-corrected chi connectivity index (χ3v) is 3.06. The Labute approximate surface area is 100 Å². The third kappa shape index (κ3) is 1.87. The lowest BCUT2D eigenvalue weighted by Gasteiger charge is -2.01. The van der Waals surface area contributed by atoms with Crippen molar-refractivity contribution >= 4 is 33.3 Å². The highest BCUT2D eigenvalue weighted by Crippen LogP contribution is 2.34.